The second-order valence-corrected chi connectivity index (χ2v) is 3.35. The van der Waals surface area contributed by atoms with Crippen molar-refractivity contribution in [1.29, 1.82) is 0 Å². The third-order valence-electron chi connectivity index (χ3n) is 2.44. The van der Waals surface area contributed by atoms with Gasteiger partial charge in [0.1, 0.15) is 0 Å². The van der Waals surface area contributed by atoms with Crippen molar-refractivity contribution >= 4 is 0 Å². The lowest BCUT2D eigenvalue weighted by Crippen LogP contribution is -2.36. The van der Waals surface area contributed by atoms with Crippen molar-refractivity contribution < 1.29 is 4.74 Å². The Labute approximate surface area is 75.2 Å². The van der Waals surface area contributed by atoms with Crippen molar-refractivity contribution in [2.75, 3.05) is 26.8 Å². The summed E-state index contributed by atoms with van der Waals surface area (Å²) >= 11 is 0. The molecule has 2 nitrogen and oxygen atoms in total. The Morgan fingerprint density at radius 3 is 2.67 bits per heavy atom. The SMILES string of the molecule is C/C=C/CN(C)C1CCOCC1. The fourth-order valence-corrected chi connectivity index (χ4v) is 1.55. The number of hydrogen-bond donors (Lipinski definition) is 0. The first-order chi connectivity index (χ1) is 5.84. The van der Waals surface area contributed by atoms with Crippen LogP contribution in [0.3, 0.4) is 0 Å². The molecular formula is C10H19NO. The molecule has 0 aromatic heterocycles. The minimum absolute atomic E-state index is 0.731. The Kier molecular flexibility index (Phi) is 4.33. The molecule has 1 aliphatic rings. The van der Waals surface area contributed by atoms with E-state index < -0.39 is 0 Å². The zero-order valence-electron chi connectivity index (χ0n) is 8.12. The lowest BCUT2D eigenvalue weighted by molar-refractivity contribution is 0.0465. The number of hydrogen-bond acceptors (Lipinski definition) is 2. The van der Waals surface area contributed by atoms with Crippen molar-refractivity contribution in [2.45, 2.75) is 25.8 Å². The van der Waals surface area contributed by atoms with Gasteiger partial charge in [0.2, 0.25) is 0 Å². The van der Waals surface area contributed by atoms with Gasteiger partial charge in [-0.2, -0.15) is 0 Å². The summed E-state index contributed by atoms with van der Waals surface area (Å²) in [5, 5.41) is 0. The van der Waals surface area contributed by atoms with E-state index in [9.17, 15) is 0 Å². The Morgan fingerprint density at radius 1 is 1.42 bits per heavy atom. The van der Waals surface area contributed by atoms with Gasteiger partial charge in [0.05, 0.1) is 0 Å². The molecule has 0 unspecified atom stereocenters. The average Bonchev–Trinajstić information content (AvgIpc) is 2.15. The molecule has 0 radical (unpaired) electrons. The molecule has 0 atom stereocenters. The highest BCUT2D eigenvalue weighted by Crippen LogP contribution is 2.12. The van der Waals surface area contributed by atoms with E-state index in [0.717, 1.165) is 25.8 Å². The van der Waals surface area contributed by atoms with Gasteiger partial charge in [-0.25, -0.2) is 0 Å². The van der Waals surface area contributed by atoms with E-state index in [1.807, 2.05) is 0 Å². The summed E-state index contributed by atoms with van der Waals surface area (Å²) in [5.41, 5.74) is 0. The Hall–Kier alpha value is -0.340. The predicted octanol–water partition coefficient (Wildman–Crippen LogP) is 1.67. The van der Waals surface area contributed by atoms with Crippen molar-refractivity contribution in [2.24, 2.45) is 0 Å². The lowest BCUT2D eigenvalue weighted by Gasteiger charge is -2.30. The van der Waals surface area contributed by atoms with Gasteiger partial charge >= 0.3 is 0 Å². The van der Waals surface area contributed by atoms with Crippen LogP contribution in [0.15, 0.2) is 12.2 Å². The largest absolute Gasteiger partial charge is 0.381 e. The first kappa shape index (κ1) is 9.75. The zero-order chi connectivity index (χ0) is 8.81. The van der Waals surface area contributed by atoms with E-state index in [1.54, 1.807) is 0 Å². The van der Waals surface area contributed by atoms with Gasteiger partial charge in [-0.1, -0.05) is 12.2 Å². The Balaban J connectivity index is 2.24. The summed E-state index contributed by atoms with van der Waals surface area (Å²) in [4.78, 5) is 2.41. The van der Waals surface area contributed by atoms with Gasteiger partial charge in [0.25, 0.3) is 0 Å². The highest BCUT2D eigenvalue weighted by molar-refractivity contribution is 4.83. The van der Waals surface area contributed by atoms with Gasteiger partial charge < -0.3 is 4.74 Å². The maximum Gasteiger partial charge on any atom is 0.0480 e. The van der Waals surface area contributed by atoms with Gasteiger partial charge in [0, 0.05) is 25.8 Å². The van der Waals surface area contributed by atoms with Crippen molar-refractivity contribution in [3.8, 4) is 0 Å². The molecule has 0 spiro atoms. The smallest absolute Gasteiger partial charge is 0.0480 e. The second-order valence-electron chi connectivity index (χ2n) is 3.35. The topological polar surface area (TPSA) is 12.5 Å². The highest BCUT2D eigenvalue weighted by atomic mass is 16.5. The van der Waals surface area contributed by atoms with Gasteiger partial charge in [-0.05, 0) is 26.8 Å². The summed E-state index contributed by atoms with van der Waals surface area (Å²) in [6, 6.07) is 0.731. The molecule has 0 aromatic rings. The first-order valence-corrected chi connectivity index (χ1v) is 4.73. The van der Waals surface area contributed by atoms with Crippen molar-refractivity contribution in [3.63, 3.8) is 0 Å². The Morgan fingerprint density at radius 2 is 2.08 bits per heavy atom. The van der Waals surface area contributed by atoms with E-state index in [1.165, 1.54) is 12.8 Å². The van der Waals surface area contributed by atoms with Crippen LogP contribution in [0.2, 0.25) is 0 Å². The number of rotatable bonds is 3. The fourth-order valence-electron chi connectivity index (χ4n) is 1.55. The van der Waals surface area contributed by atoms with Crippen LogP contribution < -0.4 is 0 Å². The minimum Gasteiger partial charge on any atom is -0.381 e. The molecule has 1 fully saturated rings. The summed E-state index contributed by atoms with van der Waals surface area (Å²) in [5.74, 6) is 0. The van der Waals surface area contributed by atoms with Crippen LogP contribution >= 0.6 is 0 Å². The van der Waals surface area contributed by atoms with Crippen LogP contribution in [0.1, 0.15) is 19.8 Å². The molecule has 12 heavy (non-hydrogen) atoms. The molecule has 0 bridgehead atoms. The molecule has 70 valence electrons. The first-order valence-electron chi connectivity index (χ1n) is 4.73. The van der Waals surface area contributed by atoms with E-state index in [2.05, 4.69) is 31.0 Å². The quantitative estimate of drug-likeness (QED) is 0.596. The molecule has 1 aliphatic heterocycles. The van der Waals surface area contributed by atoms with Gasteiger partial charge in [-0.3, -0.25) is 4.90 Å². The van der Waals surface area contributed by atoms with Crippen LogP contribution in [0.25, 0.3) is 0 Å². The highest BCUT2D eigenvalue weighted by Gasteiger charge is 2.16. The van der Waals surface area contributed by atoms with Gasteiger partial charge in [-0.15, -0.1) is 0 Å². The third kappa shape index (κ3) is 2.95. The molecule has 0 saturated carbocycles. The molecular weight excluding hydrogens is 150 g/mol. The zero-order valence-corrected chi connectivity index (χ0v) is 8.12. The molecule has 0 amide bonds. The number of nitrogens with zero attached hydrogens (tertiary/aromatic N) is 1. The normalized spacial score (nSPS) is 20.9. The molecule has 1 heterocycles. The molecule has 0 N–H and O–H groups in total. The minimum atomic E-state index is 0.731. The molecule has 1 saturated heterocycles. The van der Waals surface area contributed by atoms with E-state index in [4.69, 9.17) is 4.74 Å². The lowest BCUT2D eigenvalue weighted by atomic mass is 10.1. The monoisotopic (exact) mass is 169 g/mol. The van der Waals surface area contributed by atoms with Crippen molar-refractivity contribution in [3.05, 3.63) is 12.2 Å². The number of allylic oxidation sites excluding steroid dienone is 1. The predicted molar refractivity (Wildman–Crippen MR) is 51.3 cm³/mol. The third-order valence-corrected chi connectivity index (χ3v) is 2.44. The van der Waals surface area contributed by atoms with E-state index >= 15 is 0 Å². The van der Waals surface area contributed by atoms with Crippen LogP contribution in [-0.4, -0.2) is 37.7 Å². The molecule has 0 aromatic carbocycles. The van der Waals surface area contributed by atoms with Crippen LogP contribution in [0.5, 0.6) is 0 Å². The van der Waals surface area contributed by atoms with E-state index in [0.29, 0.717) is 0 Å². The fraction of sp³-hybridized carbons (Fsp3) is 0.800. The molecule has 0 aliphatic carbocycles. The van der Waals surface area contributed by atoms with Crippen LogP contribution in [-0.2, 0) is 4.74 Å². The van der Waals surface area contributed by atoms with Crippen molar-refractivity contribution in [1.82, 2.24) is 4.90 Å². The van der Waals surface area contributed by atoms with Crippen LogP contribution in [0.4, 0.5) is 0 Å². The van der Waals surface area contributed by atoms with E-state index in [-0.39, 0.29) is 0 Å². The summed E-state index contributed by atoms with van der Waals surface area (Å²) < 4.78 is 5.31. The number of likely N-dealkylation sites (N-methyl/N-ethyl adjacent to an activating group) is 1. The van der Waals surface area contributed by atoms with Gasteiger partial charge in [0.15, 0.2) is 0 Å². The Bertz CT molecular complexity index is 139. The maximum atomic E-state index is 5.31. The maximum absolute atomic E-state index is 5.31. The van der Waals surface area contributed by atoms with Crippen LogP contribution in [0, 0.1) is 0 Å². The number of ether oxygens (including phenoxy) is 1. The average molecular weight is 169 g/mol. The molecule has 2 heteroatoms. The summed E-state index contributed by atoms with van der Waals surface area (Å²) in [6.07, 6.45) is 6.69. The summed E-state index contributed by atoms with van der Waals surface area (Å²) in [6.45, 7) is 5.01. The standard InChI is InChI=1S/C10H19NO/c1-3-4-7-11(2)10-5-8-12-9-6-10/h3-4,10H,5-9H2,1-2H3/b4-3+. The molecule has 1 rings (SSSR count). The summed E-state index contributed by atoms with van der Waals surface area (Å²) in [7, 11) is 2.19. The second kappa shape index (κ2) is 5.33.